The van der Waals surface area contributed by atoms with E-state index < -0.39 is 0 Å². The van der Waals surface area contributed by atoms with E-state index in [0.717, 1.165) is 13.1 Å². The second-order valence-corrected chi connectivity index (χ2v) is 3.84. The van der Waals surface area contributed by atoms with Crippen molar-refractivity contribution in [2.45, 2.75) is 5.92 Å². The van der Waals surface area contributed by atoms with Gasteiger partial charge in [0.25, 0.3) is 0 Å². The van der Waals surface area contributed by atoms with Gasteiger partial charge in [-0.15, -0.1) is 0 Å². The number of nitrogens with zero attached hydrogens (tertiary/aromatic N) is 1. The summed E-state index contributed by atoms with van der Waals surface area (Å²) in [6.45, 7) is 1.80. The van der Waals surface area contributed by atoms with Crippen LogP contribution in [0, 0.1) is 17.2 Å². The Labute approximate surface area is 75.8 Å². The zero-order valence-corrected chi connectivity index (χ0v) is 7.47. The first kappa shape index (κ1) is 7.78. The highest BCUT2D eigenvalue weighted by Crippen LogP contribution is 2.28. The second kappa shape index (κ2) is 3.26. The molecule has 1 N–H and O–H groups in total. The van der Waals surface area contributed by atoms with Crippen LogP contribution in [0.4, 0.5) is 0 Å². The normalized spacial score (nSPS) is 28.6. The number of thiophene rings is 1. The molecule has 12 heavy (non-hydrogen) atoms. The summed E-state index contributed by atoms with van der Waals surface area (Å²) in [5.41, 5.74) is 1.32. The summed E-state index contributed by atoms with van der Waals surface area (Å²) in [5.74, 6) is 0.584. The van der Waals surface area contributed by atoms with E-state index in [1.54, 1.807) is 11.3 Å². The van der Waals surface area contributed by atoms with Crippen LogP contribution in [0.3, 0.4) is 0 Å². The Balaban J connectivity index is 2.20. The van der Waals surface area contributed by atoms with E-state index in [1.807, 2.05) is 0 Å². The third-order valence-corrected chi connectivity index (χ3v) is 3.05. The first-order chi connectivity index (χ1) is 5.92. The molecule has 2 nitrogen and oxygen atoms in total. The molecular weight excluding hydrogens is 168 g/mol. The Morgan fingerprint density at radius 1 is 1.58 bits per heavy atom. The maximum absolute atomic E-state index is 8.85. The van der Waals surface area contributed by atoms with E-state index >= 15 is 0 Å². The zero-order valence-electron chi connectivity index (χ0n) is 6.66. The van der Waals surface area contributed by atoms with Gasteiger partial charge in [0.2, 0.25) is 0 Å². The second-order valence-electron chi connectivity index (χ2n) is 3.06. The molecule has 0 spiro atoms. The molecule has 0 amide bonds. The molecule has 1 saturated heterocycles. The molecular formula is C9H10N2S. The van der Waals surface area contributed by atoms with Crippen molar-refractivity contribution in [3.8, 4) is 6.07 Å². The lowest BCUT2D eigenvalue weighted by molar-refractivity contribution is 0.648. The fourth-order valence-corrected chi connectivity index (χ4v) is 2.38. The molecule has 0 radical (unpaired) electrons. The molecule has 1 fully saturated rings. The number of rotatable bonds is 1. The lowest BCUT2D eigenvalue weighted by Gasteiger charge is -2.08. The first-order valence-electron chi connectivity index (χ1n) is 4.04. The van der Waals surface area contributed by atoms with Crippen molar-refractivity contribution in [3.05, 3.63) is 22.4 Å². The largest absolute Gasteiger partial charge is 0.315 e. The molecule has 1 aliphatic rings. The van der Waals surface area contributed by atoms with E-state index in [0.29, 0.717) is 5.92 Å². The first-order valence-corrected chi connectivity index (χ1v) is 4.98. The van der Waals surface area contributed by atoms with Gasteiger partial charge in [-0.05, 0) is 22.4 Å². The minimum atomic E-state index is 0.166. The summed E-state index contributed by atoms with van der Waals surface area (Å²) in [7, 11) is 0. The molecule has 1 aliphatic heterocycles. The van der Waals surface area contributed by atoms with Gasteiger partial charge >= 0.3 is 0 Å². The highest BCUT2D eigenvalue weighted by molar-refractivity contribution is 7.07. The van der Waals surface area contributed by atoms with E-state index in [9.17, 15) is 0 Å². The highest BCUT2D eigenvalue weighted by Gasteiger charge is 2.28. The number of nitriles is 1. The van der Waals surface area contributed by atoms with Crippen LogP contribution >= 0.6 is 11.3 Å². The van der Waals surface area contributed by atoms with E-state index in [-0.39, 0.29) is 5.92 Å². The minimum absolute atomic E-state index is 0.166. The zero-order chi connectivity index (χ0) is 8.39. The fourth-order valence-electron chi connectivity index (χ4n) is 1.65. The third kappa shape index (κ3) is 1.24. The Morgan fingerprint density at radius 3 is 3.17 bits per heavy atom. The van der Waals surface area contributed by atoms with Crippen molar-refractivity contribution in [1.29, 1.82) is 5.26 Å². The van der Waals surface area contributed by atoms with E-state index in [2.05, 4.69) is 28.2 Å². The molecule has 0 saturated carbocycles. The SMILES string of the molecule is N#C[C@@H]1CNC[C@H]1c1ccsc1. The Bertz CT molecular complexity index is 286. The Morgan fingerprint density at radius 2 is 2.50 bits per heavy atom. The average Bonchev–Trinajstić information content (AvgIpc) is 2.74. The minimum Gasteiger partial charge on any atom is -0.315 e. The van der Waals surface area contributed by atoms with E-state index in [1.165, 1.54) is 5.56 Å². The van der Waals surface area contributed by atoms with Gasteiger partial charge in [-0.2, -0.15) is 16.6 Å². The van der Waals surface area contributed by atoms with Gasteiger partial charge in [0.05, 0.1) is 12.0 Å². The third-order valence-electron chi connectivity index (χ3n) is 2.35. The predicted octanol–water partition coefficient (Wildman–Crippen LogP) is 1.57. The molecule has 1 aromatic rings. The summed E-state index contributed by atoms with van der Waals surface area (Å²) in [5, 5.41) is 16.3. The van der Waals surface area contributed by atoms with Gasteiger partial charge in [-0.1, -0.05) is 0 Å². The maximum Gasteiger partial charge on any atom is 0.0676 e. The number of hydrogen-bond donors (Lipinski definition) is 1. The molecule has 1 aromatic heterocycles. The van der Waals surface area contributed by atoms with Crippen molar-refractivity contribution in [1.82, 2.24) is 5.32 Å². The maximum atomic E-state index is 8.85. The lowest BCUT2D eigenvalue weighted by atomic mass is 9.92. The van der Waals surface area contributed by atoms with Gasteiger partial charge in [-0.3, -0.25) is 0 Å². The van der Waals surface area contributed by atoms with Crippen LogP contribution in [0.2, 0.25) is 0 Å². The molecule has 2 atom stereocenters. The van der Waals surface area contributed by atoms with Crippen molar-refractivity contribution in [2.24, 2.45) is 5.92 Å². The summed E-state index contributed by atoms with van der Waals surface area (Å²) < 4.78 is 0. The monoisotopic (exact) mass is 178 g/mol. The summed E-state index contributed by atoms with van der Waals surface area (Å²) in [6, 6.07) is 4.46. The molecule has 3 heteroatoms. The summed E-state index contributed by atoms with van der Waals surface area (Å²) in [6.07, 6.45) is 0. The average molecular weight is 178 g/mol. The van der Waals surface area contributed by atoms with Crippen molar-refractivity contribution >= 4 is 11.3 Å². The Hall–Kier alpha value is -0.850. The smallest absolute Gasteiger partial charge is 0.0676 e. The topological polar surface area (TPSA) is 35.8 Å². The van der Waals surface area contributed by atoms with Crippen molar-refractivity contribution < 1.29 is 0 Å². The lowest BCUT2D eigenvalue weighted by Crippen LogP contribution is -2.07. The van der Waals surface area contributed by atoms with Crippen molar-refractivity contribution in [2.75, 3.05) is 13.1 Å². The number of nitrogens with one attached hydrogen (secondary N) is 1. The molecule has 0 bridgehead atoms. The van der Waals surface area contributed by atoms with Crippen molar-refractivity contribution in [3.63, 3.8) is 0 Å². The van der Waals surface area contributed by atoms with Crippen LogP contribution in [0.15, 0.2) is 16.8 Å². The molecule has 0 unspecified atom stereocenters. The van der Waals surface area contributed by atoms with Crippen LogP contribution in [-0.4, -0.2) is 13.1 Å². The standard InChI is InChI=1S/C9H10N2S/c10-3-8-4-11-5-9(8)7-1-2-12-6-7/h1-2,6,8-9,11H,4-5H2/t8-,9+/m1/s1. The summed E-state index contributed by atoms with van der Waals surface area (Å²) >= 11 is 1.70. The fraction of sp³-hybridized carbons (Fsp3) is 0.444. The van der Waals surface area contributed by atoms with Crippen LogP contribution in [-0.2, 0) is 0 Å². The summed E-state index contributed by atoms with van der Waals surface area (Å²) in [4.78, 5) is 0. The van der Waals surface area contributed by atoms with Crippen LogP contribution in [0.25, 0.3) is 0 Å². The quantitative estimate of drug-likeness (QED) is 0.708. The predicted molar refractivity (Wildman–Crippen MR) is 49.0 cm³/mol. The van der Waals surface area contributed by atoms with Gasteiger partial charge in [0.1, 0.15) is 0 Å². The highest BCUT2D eigenvalue weighted by atomic mass is 32.1. The molecule has 2 rings (SSSR count). The molecule has 0 aliphatic carbocycles. The Kier molecular flexibility index (Phi) is 2.11. The van der Waals surface area contributed by atoms with Crippen LogP contribution in [0.1, 0.15) is 11.5 Å². The van der Waals surface area contributed by atoms with E-state index in [4.69, 9.17) is 5.26 Å². The van der Waals surface area contributed by atoms with Gasteiger partial charge in [0, 0.05) is 19.0 Å². The molecule has 0 aromatic carbocycles. The van der Waals surface area contributed by atoms with Gasteiger partial charge in [0.15, 0.2) is 0 Å². The van der Waals surface area contributed by atoms with Crippen LogP contribution < -0.4 is 5.32 Å². The number of hydrogen-bond acceptors (Lipinski definition) is 3. The molecule has 62 valence electrons. The van der Waals surface area contributed by atoms with Gasteiger partial charge < -0.3 is 5.32 Å². The van der Waals surface area contributed by atoms with Gasteiger partial charge in [-0.25, -0.2) is 0 Å². The van der Waals surface area contributed by atoms with Crippen LogP contribution in [0.5, 0.6) is 0 Å². The molecule has 2 heterocycles.